The van der Waals surface area contributed by atoms with Crippen LogP contribution >= 0.6 is 11.3 Å². The minimum atomic E-state index is -0.0304. The molecule has 0 spiro atoms. The molecule has 1 amide bonds. The first-order chi connectivity index (χ1) is 9.11. The Hall–Kier alpha value is -1.55. The maximum Gasteiger partial charge on any atom is 0.254 e. The molecule has 1 N–H and O–H groups in total. The fourth-order valence-electron chi connectivity index (χ4n) is 2.44. The largest absolute Gasteiger partial charge is 0.466 e. The number of amides is 1. The van der Waals surface area contributed by atoms with Gasteiger partial charge in [0.15, 0.2) is 0 Å². The number of aryl methyl sites for hydroxylation is 2. The number of thiophene rings is 1. The van der Waals surface area contributed by atoms with E-state index in [0.717, 1.165) is 25.1 Å². The van der Waals surface area contributed by atoms with Crippen LogP contribution in [0.3, 0.4) is 0 Å². The van der Waals surface area contributed by atoms with Crippen molar-refractivity contribution in [3.63, 3.8) is 0 Å². The minimum absolute atomic E-state index is 0.0304. The minimum Gasteiger partial charge on any atom is -0.466 e. The van der Waals surface area contributed by atoms with Gasteiger partial charge in [-0.1, -0.05) is 6.07 Å². The summed E-state index contributed by atoms with van der Waals surface area (Å²) in [6.45, 7) is 4.40. The second-order valence-corrected chi connectivity index (χ2v) is 6.21. The van der Waals surface area contributed by atoms with Crippen LogP contribution in [0.15, 0.2) is 28.0 Å². The highest BCUT2D eigenvalue weighted by Gasteiger charge is 2.45. The van der Waals surface area contributed by atoms with E-state index in [0.29, 0.717) is 11.3 Å². The Kier molecular flexibility index (Phi) is 2.97. The lowest BCUT2D eigenvalue weighted by molar-refractivity contribution is 0.0948. The lowest BCUT2D eigenvalue weighted by atomic mass is 10.1. The zero-order chi connectivity index (χ0) is 13.5. The molecule has 3 nitrogen and oxygen atoms in total. The van der Waals surface area contributed by atoms with Gasteiger partial charge in [0.25, 0.3) is 5.91 Å². The standard InChI is InChI=1S/C15H17NO2S/c1-10-8-12(11(2)18-10)14(17)16-9-15(5-6-15)13-4-3-7-19-13/h3-4,7-8H,5-6,9H2,1-2H3,(H,16,17). The number of rotatable bonds is 4. The SMILES string of the molecule is Cc1cc(C(=O)NCC2(c3cccs3)CC2)c(C)o1. The smallest absolute Gasteiger partial charge is 0.254 e. The van der Waals surface area contributed by atoms with Gasteiger partial charge in [-0.15, -0.1) is 11.3 Å². The van der Waals surface area contributed by atoms with E-state index >= 15 is 0 Å². The first-order valence-electron chi connectivity index (χ1n) is 6.50. The van der Waals surface area contributed by atoms with Crippen molar-refractivity contribution in [1.82, 2.24) is 5.32 Å². The lowest BCUT2D eigenvalue weighted by Gasteiger charge is -2.14. The number of hydrogen-bond donors (Lipinski definition) is 1. The number of carbonyl (C=O) groups excluding carboxylic acids is 1. The fourth-order valence-corrected chi connectivity index (χ4v) is 3.43. The Labute approximate surface area is 116 Å². The summed E-state index contributed by atoms with van der Waals surface area (Å²) in [7, 11) is 0. The average molecular weight is 275 g/mol. The third kappa shape index (κ3) is 2.32. The van der Waals surface area contributed by atoms with Crippen LogP contribution in [0.4, 0.5) is 0 Å². The molecule has 0 saturated heterocycles. The third-order valence-corrected chi connectivity index (χ3v) is 4.89. The van der Waals surface area contributed by atoms with E-state index in [9.17, 15) is 4.79 Å². The van der Waals surface area contributed by atoms with Crippen molar-refractivity contribution in [3.05, 3.63) is 45.5 Å². The van der Waals surface area contributed by atoms with Crippen molar-refractivity contribution in [2.45, 2.75) is 32.1 Å². The maximum atomic E-state index is 12.2. The van der Waals surface area contributed by atoms with Crippen LogP contribution in [-0.4, -0.2) is 12.5 Å². The molecule has 1 saturated carbocycles. The highest BCUT2D eigenvalue weighted by molar-refractivity contribution is 7.10. The number of hydrogen-bond acceptors (Lipinski definition) is 3. The monoisotopic (exact) mass is 275 g/mol. The summed E-state index contributed by atoms with van der Waals surface area (Å²) in [4.78, 5) is 13.5. The second-order valence-electron chi connectivity index (χ2n) is 5.27. The molecule has 1 aliphatic carbocycles. The highest BCUT2D eigenvalue weighted by atomic mass is 32.1. The molecule has 100 valence electrons. The van der Waals surface area contributed by atoms with E-state index < -0.39 is 0 Å². The molecule has 2 aromatic heterocycles. The van der Waals surface area contributed by atoms with Gasteiger partial charge in [-0.25, -0.2) is 0 Å². The molecule has 1 fully saturated rings. The van der Waals surface area contributed by atoms with Gasteiger partial charge in [-0.05, 0) is 44.2 Å². The molecule has 0 bridgehead atoms. The molecule has 2 heterocycles. The maximum absolute atomic E-state index is 12.2. The summed E-state index contributed by atoms with van der Waals surface area (Å²) in [5, 5.41) is 5.15. The van der Waals surface area contributed by atoms with Gasteiger partial charge in [0.1, 0.15) is 11.5 Å². The van der Waals surface area contributed by atoms with Gasteiger partial charge in [-0.3, -0.25) is 4.79 Å². The molecule has 3 rings (SSSR count). The molecular weight excluding hydrogens is 258 g/mol. The molecular formula is C15H17NO2S. The van der Waals surface area contributed by atoms with Gasteiger partial charge in [0, 0.05) is 16.8 Å². The Bertz CT molecular complexity index is 594. The van der Waals surface area contributed by atoms with E-state index in [1.165, 1.54) is 4.88 Å². The second kappa shape index (κ2) is 4.53. The van der Waals surface area contributed by atoms with E-state index in [-0.39, 0.29) is 11.3 Å². The fraction of sp³-hybridized carbons (Fsp3) is 0.400. The van der Waals surface area contributed by atoms with Crippen LogP contribution in [0.25, 0.3) is 0 Å². The van der Waals surface area contributed by atoms with E-state index in [1.54, 1.807) is 17.4 Å². The normalized spacial score (nSPS) is 16.3. The van der Waals surface area contributed by atoms with Gasteiger partial charge >= 0.3 is 0 Å². The van der Waals surface area contributed by atoms with Crippen molar-refractivity contribution in [3.8, 4) is 0 Å². The Morgan fingerprint density at radius 2 is 2.26 bits per heavy atom. The summed E-state index contributed by atoms with van der Waals surface area (Å²) in [6, 6.07) is 6.04. The molecule has 1 aliphatic rings. The zero-order valence-corrected chi connectivity index (χ0v) is 12.0. The Balaban J connectivity index is 1.67. The van der Waals surface area contributed by atoms with Gasteiger partial charge in [0.2, 0.25) is 0 Å². The molecule has 2 aromatic rings. The lowest BCUT2D eigenvalue weighted by Crippen LogP contribution is -2.31. The first-order valence-corrected chi connectivity index (χ1v) is 7.38. The van der Waals surface area contributed by atoms with Gasteiger partial charge < -0.3 is 9.73 Å². The molecule has 0 atom stereocenters. The molecule has 0 unspecified atom stereocenters. The molecule has 0 aliphatic heterocycles. The zero-order valence-electron chi connectivity index (χ0n) is 11.2. The van der Waals surface area contributed by atoms with Crippen molar-refractivity contribution >= 4 is 17.2 Å². The summed E-state index contributed by atoms with van der Waals surface area (Å²) < 4.78 is 5.40. The van der Waals surface area contributed by atoms with Gasteiger partial charge in [0.05, 0.1) is 5.56 Å². The quantitative estimate of drug-likeness (QED) is 0.929. The number of nitrogens with one attached hydrogen (secondary N) is 1. The van der Waals surface area contributed by atoms with E-state index in [4.69, 9.17) is 4.42 Å². The number of furan rings is 1. The predicted molar refractivity (Wildman–Crippen MR) is 75.7 cm³/mol. The van der Waals surface area contributed by atoms with Crippen LogP contribution in [0, 0.1) is 13.8 Å². The van der Waals surface area contributed by atoms with Crippen molar-refractivity contribution in [1.29, 1.82) is 0 Å². The van der Waals surface area contributed by atoms with E-state index in [1.807, 2.05) is 13.8 Å². The van der Waals surface area contributed by atoms with Crippen LogP contribution in [-0.2, 0) is 5.41 Å². The molecule has 0 aromatic carbocycles. The first kappa shape index (κ1) is 12.5. The molecule has 19 heavy (non-hydrogen) atoms. The van der Waals surface area contributed by atoms with Crippen LogP contribution in [0.1, 0.15) is 39.6 Å². The van der Waals surface area contributed by atoms with Gasteiger partial charge in [-0.2, -0.15) is 0 Å². The van der Waals surface area contributed by atoms with Crippen LogP contribution in [0.2, 0.25) is 0 Å². The summed E-state index contributed by atoms with van der Waals surface area (Å²) in [6.07, 6.45) is 2.33. The van der Waals surface area contributed by atoms with Crippen molar-refractivity contribution in [2.24, 2.45) is 0 Å². The third-order valence-electron chi connectivity index (χ3n) is 3.77. The molecule has 0 radical (unpaired) electrons. The predicted octanol–water partition coefficient (Wildman–Crippen LogP) is 3.42. The topological polar surface area (TPSA) is 42.2 Å². The van der Waals surface area contributed by atoms with Crippen LogP contribution in [0.5, 0.6) is 0 Å². The summed E-state index contributed by atoms with van der Waals surface area (Å²) in [5.74, 6) is 1.44. The summed E-state index contributed by atoms with van der Waals surface area (Å²) in [5.41, 5.74) is 0.843. The van der Waals surface area contributed by atoms with Crippen LogP contribution < -0.4 is 5.32 Å². The summed E-state index contributed by atoms with van der Waals surface area (Å²) >= 11 is 1.78. The van der Waals surface area contributed by atoms with E-state index in [2.05, 4.69) is 22.8 Å². The molecule has 4 heteroatoms. The Morgan fingerprint density at radius 3 is 2.79 bits per heavy atom. The highest BCUT2D eigenvalue weighted by Crippen LogP contribution is 2.49. The van der Waals surface area contributed by atoms with Crippen molar-refractivity contribution in [2.75, 3.05) is 6.54 Å². The Morgan fingerprint density at radius 1 is 1.47 bits per heavy atom. The van der Waals surface area contributed by atoms with Crippen molar-refractivity contribution < 1.29 is 9.21 Å². The average Bonchev–Trinajstić information content (AvgIpc) is 2.82. The number of carbonyl (C=O) groups is 1.